The molecule has 0 radical (unpaired) electrons. The Bertz CT molecular complexity index is 342. The van der Waals surface area contributed by atoms with Crippen molar-refractivity contribution in [3.8, 4) is 0 Å². The maximum atomic E-state index is 6.16. The molecule has 1 heterocycles. The van der Waals surface area contributed by atoms with Crippen LogP contribution >= 0.6 is 27.7 Å². The Morgan fingerprint density at radius 1 is 1.50 bits per heavy atom. The van der Waals surface area contributed by atoms with Gasteiger partial charge in [0, 0.05) is 33.7 Å². The van der Waals surface area contributed by atoms with Crippen LogP contribution < -0.4 is 5.73 Å². The normalized spacial score (nSPS) is 22.2. The third kappa shape index (κ3) is 3.23. The lowest BCUT2D eigenvalue weighted by Gasteiger charge is -2.17. The first-order chi connectivity index (χ1) is 7.77. The first-order valence-corrected chi connectivity index (χ1v) is 7.26. The highest BCUT2D eigenvalue weighted by Gasteiger charge is 2.22. The minimum atomic E-state index is 0.236. The molecule has 4 heteroatoms. The van der Waals surface area contributed by atoms with Crippen LogP contribution in [0.5, 0.6) is 0 Å². The number of hydrogen-bond donors (Lipinski definition) is 1. The van der Waals surface area contributed by atoms with E-state index in [4.69, 9.17) is 10.5 Å². The van der Waals surface area contributed by atoms with Crippen LogP contribution in [0.25, 0.3) is 0 Å². The zero-order valence-corrected chi connectivity index (χ0v) is 11.5. The van der Waals surface area contributed by atoms with Crippen LogP contribution in [-0.4, -0.2) is 25.0 Å². The molecule has 1 aliphatic heterocycles. The van der Waals surface area contributed by atoms with Gasteiger partial charge < -0.3 is 10.5 Å². The molecule has 0 spiro atoms. The first-order valence-electron chi connectivity index (χ1n) is 5.48. The van der Waals surface area contributed by atoms with Crippen LogP contribution in [0.2, 0.25) is 0 Å². The first kappa shape index (κ1) is 12.4. The Kier molecular flexibility index (Phi) is 4.70. The van der Waals surface area contributed by atoms with Crippen LogP contribution in [0.1, 0.15) is 6.42 Å². The Morgan fingerprint density at radius 3 is 3.00 bits per heavy atom. The van der Waals surface area contributed by atoms with E-state index in [2.05, 4.69) is 34.1 Å². The minimum absolute atomic E-state index is 0.236. The molecule has 0 bridgehead atoms. The number of thioether (sulfide) groups is 1. The lowest BCUT2D eigenvalue weighted by atomic mass is 10.0. The summed E-state index contributed by atoms with van der Waals surface area (Å²) in [6.07, 6.45) is 1.11. The van der Waals surface area contributed by atoms with Gasteiger partial charge in [0.15, 0.2) is 0 Å². The number of nitrogens with two attached hydrogens (primary N) is 1. The molecule has 2 nitrogen and oxygen atoms in total. The summed E-state index contributed by atoms with van der Waals surface area (Å²) in [7, 11) is 0. The fourth-order valence-corrected chi connectivity index (χ4v) is 3.43. The molecule has 1 aromatic rings. The van der Waals surface area contributed by atoms with E-state index in [9.17, 15) is 0 Å². The van der Waals surface area contributed by atoms with Gasteiger partial charge >= 0.3 is 0 Å². The standard InChI is InChI=1S/C12H16BrNOS/c13-10-3-1-2-4-12(10)16-8-11(14)9-5-6-15-7-9/h1-4,9,11H,5-8,14H2. The predicted octanol–water partition coefficient (Wildman–Crippen LogP) is 2.91. The molecule has 0 saturated carbocycles. The van der Waals surface area contributed by atoms with Crippen molar-refractivity contribution >= 4 is 27.7 Å². The van der Waals surface area contributed by atoms with Gasteiger partial charge in [0.25, 0.3) is 0 Å². The summed E-state index contributed by atoms with van der Waals surface area (Å²) in [5, 5.41) is 0. The Hall–Kier alpha value is -0.0300. The third-order valence-electron chi connectivity index (χ3n) is 2.84. The molecule has 1 aromatic carbocycles. The van der Waals surface area contributed by atoms with Crippen LogP contribution in [-0.2, 0) is 4.74 Å². The SMILES string of the molecule is NC(CSc1ccccc1Br)C1CCOC1. The molecule has 0 aliphatic carbocycles. The molecule has 88 valence electrons. The van der Waals surface area contributed by atoms with E-state index in [1.54, 1.807) is 0 Å². The number of ether oxygens (including phenoxy) is 1. The summed E-state index contributed by atoms with van der Waals surface area (Å²) < 4.78 is 6.50. The van der Waals surface area contributed by atoms with Gasteiger partial charge in [-0.3, -0.25) is 0 Å². The third-order valence-corrected chi connectivity index (χ3v) is 5.01. The number of rotatable bonds is 4. The monoisotopic (exact) mass is 301 g/mol. The van der Waals surface area contributed by atoms with Crippen molar-refractivity contribution in [3.05, 3.63) is 28.7 Å². The summed E-state index contributed by atoms with van der Waals surface area (Å²) in [6, 6.07) is 8.50. The van der Waals surface area contributed by atoms with E-state index >= 15 is 0 Å². The Balaban J connectivity index is 1.84. The molecule has 2 N–H and O–H groups in total. The van der Waals surface area contributed by atoms with Gasteiger partial charge in [-0.05, 0) is 34.5 Å². The van der Waals surface area contributed by atoms with Crippen molar-refractivity contribution in [2.75, 3.05) is 19.0 Å². The molecular weight excluding hydrogens is 286 g/mol. The van der Waals surface area contributed by atoms with Crippen molar-refractivity contribution < 1.29 is 4.74 Å². The van der Waals surface area contributed by atoms with Crippen molar-refractivity contribution in [2.24, 2.45) is 11.7 Å². The van der Waals surface area contributed by atoms with E-state index in [1.165, 1.54) is 4.90 Å². The van der Waals surface area contributed by atoms with Crippen molar-refractivity contribution in [3.63, 3.8) is 0 Å². The summed E-state index contributed by atoms with van der Waals surface area (Å²) in [4.78, 5) is 1.26. The number of halogens is 1. The second-order valence-electron chi connectivity index (χ2n) is 4.03. The fourth-order valence-electron chi connectivity index (χ4n) is 1.77. The van der Waals surface area contributed by atoms with E-state index in [0.717, 1.165) is 29.9 Å². The van der Waals surface area contributed by atoms with Crippen LogP contribution in [0.15, 0.2) is 33.6 Å². The minimum Gasteiger partial charge on any atom is -0.381 e. The maximum absolute atomic E-state index is 6.16. The lowest BCUT2D eigenvalue weighted by molar-refractivity contribution is 0.182. The quantitative estimate of drug-likeness (QED) is 0.869. The van der Waals surface area contributed by atoms with Crippen molar-refractivity contribution in [2.45, 2.75) is 17.4 Å². The van der Waals surface area contributed by atoms with E-state index < -0.39 is 0 Å². The van der Waals surface area contributed by atoms with E-state index in [0.29, 0.717) is 5.92 Å². The molecule has 0 aromatic heterocycles. The van der Waals surface area contributed by atoms with Gasteiger partial charge in [0.2, 0.25) is 0 Å². The average molecular weight is 302 g/mol. The second-order valence-corrected chi connectivity index (χ2v) is 5.95. The highest BCUT2D eigenvalue weighted by Crippen LogP contribution is 2.29. The molecule has 16 heavy (non-hydrogen) atoms. The summed E-state index contributed by atoms with van der Waals surface area (Å²) in [6.45, 7) is 1.70. The molecule has 2 atom stereocenters. The number of benzene rings is 1. The van der Waals surface area contributed by atoms with Gasteiger partial charge in [0.05, 0.1) is 6.61 Å². The Morgan fingerprint density at radius 2 is 2.31 bits per heavy atom. The zero-order valence-electron chi connectivity index (χ0n) is 9.06. The highest BCUT2D eigenvalue weighted by molar-refractivity contribution is 9.10. The molecule has 2 unspecified atom stereocenters. The van der Waals surface area contributed by atoms with Crippen molar-refractivity contribution in [1.82, 2.24) is 0 Å². The van der Waals surface area contributed by atoms with Crippen LogP contribution in [0.3, 0.4) is 0 Å². The van der Waals surface area contributed by atoms with Gasteiger partial charge in [0.1, 0.15) is 0 Å². The van der Waals surface area contributed by atoms with Gasteiger partial charge in [-0.1, -0.05) is 12.1 Å². The Labute approximate surface area is 109 Å². The van der Waals surface area contributed by atoms with Crippen LogP contribution in [0.4, 0.5) is 0 Å². The largest absolute Gasteiger partial charge is 0.381 e. The molecule has 1 fully saturated rings. The highest BCUT2D eigenvalue weighted by atomic mass is 79.9. The second kappa shape index (κ2) is 6.05. The average Bonchev–Trinajstić information content (AvgIpc) is 2.81. The molecule has 1 aliphatic rings. The van der Waals surface area contributed by atoms with Crippen molar-refractivity contribution in [1.29, 1.82) is 0 Å². The van der Waals surface area contributed by atoms with Gasteiger partial charge in [-0.25, -0.2) is 0 Å². The number of hydrogen-bond acceptors (Lipinski definition) is 3. The van der Waals surface area contributed by atoms with Gasteiger partial charge in [-0.2, -0.15) is 0 Å². The fraction of sp³-hybridized carbons (Fsp3) is 0.500. The predicted molar refractivity (Wildman–Crippen MR) is 71.8 cm³/mol. The molecule has 0 amide bonds. The van der Waals surface area contributed by atoms with E-state index in [1.807, 2.05) is 17.8 Å². The summed E-state index contributed by atoms with van der Waals surface area (Å²) in [5.74, 6) is 1.49. The summed E-state index contributed by atoms with van der Waals surface area (Å²) >= 11 is 5.36. The van der Waals surface area contributed by atoms with Gasteiger partial charge in [-0.15, -0.1) is 11.8 Å². The maximum Gasteiger partial charge on any atom is 0.0510 e. The summed E-state index contributed by atoms with van der Waals surface area (Å²) in [5.41, 5.74) is 6.16. The topological polar surface area (TPSA) is 35.2 Å². The zero-order chi connectivity index (χ0) is 11.4. The lowest BCUT2D eigenvalue weighted by Crippen LogP contribution is -2.32. The molecule has 1 saturated heterocycles. The molecular formula is C12H16BrNOS. The van der Waals surface area contributed by atoms with E-state index in [-0.39, 0.29) is 6.04 Å². The molecule has 2 rings (SSSR count). The van der Waals surface area contributed by atoms with Crippen LogP contribution in [0, 0.1) is 5.92 Å². The smallest absolute Gasteiger partial charge is 0.0510 e.